The molecule has 1 fully saturated rings. The maximum Gasteiger partial charge on any atom is 0.0366 e. The first-order valence-corrected chi connectivity index (χ1v) is 8.10. The summed E-state index contributed by atoms with van der Waals surface area (Å²) in [6.45, 7) is 12.4. The van der Waals surface area contributed by atoms with Gasteiger partial charge in [0.25, 0.3) is 0 Å². The van der Waals surface area contributed by atoms with Crippen LogP contribution in [0.4, 0.5) is 5.69 Å². The van der Waals surface area contributed by atoms with Crippen molar-refractivity contribution >= 4 is 5.69 Å². The van der Waals surface area contributed by atoms with E-state index in [0.29, 0.717) is 0 Å². The number of anilines is 1. The number of nitrogens with zero attached hydrogens (tertiary/aromatic N) is 2. The molecule has 20 heavy (non-hydrogen) atoms. The van der Waals surface area contributed by atoms with Crippen LogP contribution in [-0.4, -0.2) is 44.2 Å². The standard InChI is InChI=1S/C17H29N3/c1-3-20(4-2)17-9-7-16(8-10-17)15-18-11-14-19-12-5-6-13-19/h7-10,18H,3-6,11-15H2,1-2H3. The summed E-state index contributed by atoms with van der Waals surface area (Å²) in [7, 11) is 0. The highest BCUT2D eigenvalue weighted by Gasteiger charge is 2.09. The summed E-state index contributed by atoms with van der Waals surface area (Å²) in [5, 5.41) is 3.55. The highest BCUT2D eigenvalue weighted by Crippen LogP contribution is 2.14. The molecule has 0 radical (unpaired) electrons. The van der Waals surface area contributed by atoms with Gasteiger partial charge in [-0.05, 0) is 57.5 Å². The van der Waals surface area contributed by atoms with E-state index in [1.54, 1.807) is 0 Å². The molecule has 1 heterocycles. The van der Waals surface area contributed by atoms with Gasteiger partial charge in [-0.15, -0.1) is 0 Å². The molecular formula is C17H29N3. The Balaban J connectivity index is 1.70. The molecule has 3 nitrogen and oxygen atoms in total. The van der Waals surface area contributed by atoms with Gasteiger partial charge in [0.15, 0.2) is 0 Å². The van der Waals surface area contributed by atoms with E-state index in [0.717, 1.165) is 26.2 Å². The minimum absolute atomic E-state index is 0.979. The Morgan fingerprint density at radius 1 is 1.05 bits per heavy atom. The van der Waals surface area contributed by atoms with Crippen molar-refractivity contribution in [1.29, 1.82) is 0 Å². The molecule has 0 unspecified atom stereocenters. The summed E-state index contributed by atoms with van der Waals surface area (Å²) < 4.78 is 0. The van der Waals surface area contributed by atoms with Crippen molar-refractivity contribution in [1.82, 2.24) is 10.2 Å². The molecule has 0 atom stereocenters. The van der Waals surface area contributed by atoms with Gasteiger partial charge >= 0.3 is 0 Å². The third-order valence-corrected chi connectivity index (χ3v) is 4.20. The van der Waals surface area contributed by atoms with Gasteiger partial charge in [-0.3, -0.25) is 0 Å². The van der Waals surface area contributed by atoms with Gasteiger partial charge in [-0.25, -0.2) is 0 Å². The molecule has 0 spiro atoms. The first-order valence-electron chi connectivity index (χ1n) is 8.10. The van der Waals surface area contributed by atoms with Crippen LogP contribution in [0.3, 0.4) is 0 Å². The number of hydrogen-bond donors (Lipinski definition) is 1. The first kappa shape index (κ1) is 15.3. The van der Waals surface area contributed by atoms with Gasteiger partial charge in [0.05, 0.1) is 0 Å². The van der Waals surface area contributed by atoms with Crippen molar-refractivity contribution in [3.8, 4) is 0 Å². The van der Waals surface area contributed by atoms with Gasteiger partial charge in [0.2, 0.25) is 0 Å². The Hall–Kier alpha value is -1.06. The maximum atomic E-state index is 3.55. The van der Waals surface area contributed by atoms with Crippen LogP contribution in [0.5, 0.6) is 0 Å². The number of rotatable bonds is 8. The predicted octanol–water partition coefficient (Wildman–Crippen LogP) is 2.72. The van der Waals surface area contributed by atoms with Crippen molar-refractivity contribution < 1.29 is 0 Å². The SMILES string of the molecule is CCN(CC)c1ccc(CNCCN2CCCC2)cc1. The second-order valence-corrected chi connectivity index (χ2v) is 5.56. The highest BCUT2D eigenvalue weighted by molar-refractivity contribution is 5.47. The molecule has 1 saturated heterocycles. The average molecular weight is 275 g/mol. The number of likely N-dealkylation sites (tertiary alicyclic amines) is 1. The molecule has 0 aliphatic carbocycles. The molecule has 1 N–H and O–H groups in total. The molecule has 1 aliphatic heterocycles. The van der Waals surface area contributed by atoms with Crippen molar-refractivity contribution in [2.45, 2.75) is 33.2 Å². The second kappa shape index (κ2) is 8.28. The minimum Gasteiger partial charge on any atom is -0.372 e. The Bertz CT molecular complexity index is 364. The normalized spacial score (nSPS) is 15.7. The largest absolute Gasteiger partial charge is 0.372 e. The molecule has 0 aromatic heterocycles. The zero-order chi connectivity index (χ0) is 14.2. The van der Waals surface area contributed by atoms with Crippen LogP contribution in [0, 0.1) is 0 Å². The summed E-state index contributed by atoms with van der Waals surface area (Å²) in [5.41, 5.74) is 2.71. The van der Waals surface area contributed by atoms with Crippen LogP contribution >= 0.6 is 0 Å². The average Bonchev–Trinajstić information content (AvgIpc) is 3.00. The van der Waals surface area contributed by atoms with Crippen LogP contribution in [0.15, 0.2) is 24.3 Å². The molecule has 0 bridgehead atoms. The second-order valence-electron chi connectivity index (χ2n) is 5.56. The third-order valence-electron chi connectivity index (χ3n) is 4.20. The molecule has 0 amide bonds. The molecule has 0 saturated carbocycles. The van der Waals surface area contributed by atoms with Crippen LogP contribution in [0.1, 0.15) is 32.3 Å². The molecular weight excluding hydrogens is 246 g/mol. The summed E-state index contributed by atoms with van der Waals surface area (Å²) in [4.78, 5) is 4.93. The lowest BCUT2D eigenvalue weighted by atomic mass is 10.2. The van der Waals surface area contributed by atoms with Gasteiger partial charge < -0.3 is 15.1 Å². The minimum atomic E-state index is 0.979. The van der Waals surface area contributed by atoms with Crippen LogP contribution < -0.4 is 10.2 Å². The van der Waals surface area contributed by atoms with E-state index in [2.05, 4.69) is 53.2 Å². The zero-order valence-electron chi connectivity index (χ0n) is 13.1. The first-order chi connectivity index (χ1) is 9.83. The maximum absolute atomic E-state index is 3.55. The molecule has 3 heteroatoms. The fraction of sp³-hybridized carbons (Fsp3) is 0.647. The summed E-state index contributed by atoms with van der Waals surface area (Å²) in [5.74, 6) is 0. The molecule has 112 valence electrons. The number of hydrogen-bond acceptors (Lipinski definition) is 3. The van der Waals surface area contributed by atoms with Crippen LogP contribution in [0.2, 0.25) is 0 Å². The van der Waals surface area contributed by atoms with E-state index in [1.807, 2.05) is 0 Å². The lowest BCUT2D eigenvalue weighted by Gasteiger charge is -2.21. The van der Waals surface area contributed by atoms with Crippen LogP contribution in [0.25, 0.3) is 0 Å². The lowest BCUT2D eigenvalue weighted by Crippen LogP contribution is -2.29. The topological polar surface area (TPSA) is 18.5 Å². The number of nitrogens with one attached hydrogen (secondary N) is 1. The smallest absolute Gasteiger partial charge is 0.0366 e. The van der Waals surface area contributed by atoms with E-state index in [9.17, 15) is 0 Å². The van der Waals surface area contributed by atoms with E-state index in [-0.39, 0.29) is 0 Å². The molecule has 1 aromatic rings. The van der Waals surface area contributed by atoms with Gasteiger partial charge in [0.1, 0.15) is 0 Å². The highest BCUT2D eigenvalue weighted by atomic mass is 15.1. The Morgan fingerprint density at radius 3 is 2.30 bits per heavy atom. The van der Waals surface area contributed by atoms with Crippen LogP contribution in [-0.2, 0) is 6.54 Å². The lowest BCUT2D eigenvalue weighted by molar-refractivity contribution is 0.335. The third kappa shape index (κ3) is 4.50. The fourth-order valence-electron chi connectivity index (χ4n) is 2.89. The Labute approximate surface area is 124 Å². The van der Waals surface area contributed by atoms with Gasteiger partial charge in [-0.2, -0.15) is 0 Å². The van der Waals surface area contributed by atoms with Crippen molar-refractivity contribution in [2.75, 3.05) is 44.2 Å². The predicted molar refractivity (Wildman–Crippen MR) is 87.4 cm³/mol. The van der Waals surface area contributed by atoms with E-state index in [1.165, 1.54) is 43.7 Å². The van der Waals surface area contributed by atoms with E-state index >= 15 is 0 Å². The summed E-state index contributed by atoms with van der Waals surface area (Å²) >= 11 is 0. The Kier molecular flexibility index (Phi) is 6.34. The fourth-order valence-corrected chi connectivity index (χ4v) is 2.89. The quantitative estimate of drug-likeness (QED) is 0.736. The molecule has 1 aliphatic rings. The number of benzene rings is 1. The van der Waals surface area contributed by atoms with Crippen molar-refractivity contribution in [2.24, 2.45) is 0 Å². The summed E-state index contributed by atoms with van der Waals surface area (Å²) in [6, 6.07) is 8.97. The molecule has 1 aromatic carbocycles. The van der Waals surface area contributed by atoms with Crippen molar-refractivity contribution in [3.63, 3.8) is 0 Å². The van der Waals surface area contributed by atoms with Gasteiger partial charge in [-0.1, -0.05) is 12.1 Å². The van der Waals surface area contributed by atoms with E-state index < -0.39 is 0 Å². The van der Waals surface area contributed by atoms with Gasteiger partial charge in [0, 0.05) is 38.4 Å². The zero-order valence-corrected chi connectivity index (χ0v) is 13.1. The monoisotopic (exact) mass is 275 g/mol. The van der Waals surface area contributed by atoms with Crippen molar-refractivity contribution in [3.05, 3.63) is 29.8 Å². The summed E-state index contributed by atoms with van der Waals surface area (Å²) in [6.07, 6.45) is 2.76. The molecule has 2 rings (SSSR count). The Morgan fingerprint density at radius 2 is 1.70 bits per heavy atom. The van der Waals surface area contributed by atoms with E-state index in [4.69, 9.17) is 0 Å².